The Morgan fingerprint density at radius 3 is 2.52 bits per heavy atom. The van der Waals surface area contributed by atoms with Gasteiger partial charge in [0.05, 0.1) is 5.56 Å². The molecule has 9 heteroatoms. The van der Waals surface area contributed by atoms with E-state index < -0.39 is 10.0 Å². The maximum Gasteiger partial charge on any atom is 0.259 e. The summed E-state index contributed by atoms with van der Waals surface area (Å²) < 4.78 is 32.7. The van der Waals surface area contributed by atoms with E-state index in [0.717, 1.165) is 22.5 Å². The molecule has 2 aromatic heterocycles. The minimum atomic E-state index is -3.63. The van der Waals surface area contributed by atoms with E-state index in [1.807, 2.05) is 30.3 Å². The van der Waals surface area contributed by atoms with Gasteiger partial charge in [0.25, 0.3) is 15.9 Å². The second-order valence-corrected chi connectivity index (χ2v) is 9.95. The van der Waals surface area contributed by atoms with Crippen molar-refractivity contribution in [1.82, 2.24) is 14.4 Å². The molecule has 2 heterocycles. The number of hydrogen-bond acceptors (Lipinski definition) is 6. The van der Waals surface area contributed by atoms with Gasteiger partial charge in [0, 0.05) is 29.6 Å². The topological polar surface area (TPSA) is 76.3 Å². The van der Waals surface area contributed by atoms with Crippen LogP contribution in [0.1, 0.15) is 5.56 Å². The van der Waals surface area contributed by atoms with Crippen molar-refractivity contribution in [1.29, 1.82) is 0 Å². The molecule has 4 rings (SSSR count). The molecule has 148 valence electrons. The van der Waals surface area contributed by atoms with E-state index in [1.165, 1.54) is 4.31 Å². The fraction of sp³-hybridized carbons (Fsp3) is 0.100. The van der Waals surface area contributed by atoms with Gasteiger partial charge in [-0.2, -0.15) is 9.29 Å². The Morgan fingerprint density at radius 1 is 1.07 bits per heavy atom. The Hall–Kier alpha value is -2.52. The van der Waals surface area contributed by atoms with E-state index in [-0.39, 0.29) is 16.6 Å². The second kappa shape index (κ2) is 8.08. The number of hydrogen-bond donors (Lipinski definition) is 0. The predicted molar refractivity (Wildman–Crippen MR) is 113 cm³/mol. The summed E-state index contributed by atoms with van der Waals surface area (Å²) >= 11 is 7.02. The van der Waals surface area contributed by atoms with E-state index in [4.69, 9.17) is 16.1 Å². The van der Waals surface area contributed by atoms with Gasteiger partial charge in [0.15, 0.2) is 0 Å². The largest absolute Gasteiger partial charge is 0.334 e. The molecule has 29 heavy (non-hydrogen) atoms. The molecular weight excluding hydrogens is 430 g/mol. The highest BCUT2D eigenvalue weighted by Gasteiger charge is 2.24. The van der Waals surface area contributed by atoms with Crippen LogP contribution in [0.25, 0.3) is 22.8 Å². The SMILES string of the molecule is CN(Cc1ccccc1)S(=O)(=O)c1cc(-c2nc(-c3ccc(Cl)cc3)no2)cs1. The number of benzene rings is 2. The standard InChI is InChI=1S/C20H16ClN3O3S2/c1-24(12-14-5-3-2-4-6-14)29(25,26)18-11-16(13-28-18)20-22-19(23-27-20)15-7-9-17(21)10-8-15/h2-11,13H,12H2,1H3. The van der Waals surface area contributed by atoms with Crippen molar-refractivity contribution in [2.45, 2.75) is 10.8 Å². The lowest BCUT2D eigenvalue weighted by atomic mass is 10.2. The molecule has 4 aromatic rings. The van der Waals surface area contributed by atoms with Crippen molar-refractivity contribution in [3.8, 4) is 22.8 Å². The third-order valence-electron chi connectivity index (χ3n) is 4.26. The Morgan fingerprint density at radius 2 is 1.79 bits per heavy atom. The normalized spacial score (nSPS) is 11.8. The van der Waals surface area contributed by atoms with Crippen molar-refractivity contribution in [3.63, 3.8) is 0 Å². The molecule has 0 unspecified atom stereocenters. The van der Waals surface area contributed by atoms with Crippen LogP contribution in [0.15, 0.2) is 74.8 Å². The van der Waals surface area contributed by atoms with Gasteiger partial charge in [0.1, 0.15) is 4.21 Å². The van der Waals surface area contributed by atoms with Crippen LogP contribution in [0.4, 0.5) is 0 Å². The van der Waals surface area contributed by atoms with Gasteiger partial charge >= 0.3 is 0 Å². The van der Waals surface area contributed by atoms with Gasteiger partial charge in [-0.15, -0.1) is 11.3 Å². The second-order valence-electron chi connectivity index (χ2n) is 6.33. The van der Waals surface area contributed by atoms with Gasteiger partial charge in [0.2, 0.25) is 5.82 Å². The zero-order valence-electron chi connectivity index (χ0n) is 15.3. The Bertz CT molecular complexity index is 1220. The van der Waals surface area contributed by atoms with Crippen molar-refractivity contribution in [3.05, 3.63) is 76.6 Å². The average Bonchev–Trinajstić information content (AvgIpc) is 3.39. The van der Waals surface area contributed by atoms with E-state index >= 15 is 0 Å². The monoisotopic (exact) mass is 445 g/mol. The van der Waals surface area contributed by atoms with Crippen LogP contribution in [-0.2, 0) is 16.6 Å². The fourth-order valence-corrected chi connectivity index (χ4v) is 5.35. The van der Waals surface area contributed by atoms with Crippen LogP contribution >= 0.6 is 22.9 Å². The van der Waals surface area contributed by atoms with Crippen LogP contribution in [0, 0.1) is 0 Å². The Balaban J connectivity index is 1.55. The van der Waals surface area contributed by atoms with E-state index in [1.54, 1.807) is 42.8 Å². The molecule has 0 radical (unpaired) electrons. The van der Waals surface area contributed by atoms with Gasteiger partial charge in [-0.1, -0.05) is 47.1 Å². The number of rotatable bonds is 6. The maximum absolute atomic E-state index is 12.9. The highest BCUT2D eigenvalue weighted by Crippen LogP contribution is 2.31. The summed E-state index contributed by atoms with van der Waals surface area (Å²) in [7, 11) is -2.06. The van der Waals surface area contributed by atoms with E-state index in [0.29, 0.717) is 16.4 Å². The summed E-state index contributed by atoms with van der Waals surface area (Å²) in [6.45, 7) is 0.289. The van der Waals surface area contributed by atoms with Crippen molar-refractivity contribution in [2.24, 2.45) is 0 Å². The molecule has 6 nitrogen and oxygen atoms in total. The first-order valence-electron chi connectivity index (χ1n) is 8.62. The van der Waals surface area contributed by atoms with E-state index in [9.17, 15) is 8.42 Å². The van der Waals surface area contributed by atoms with Crippen LogP contribution in [0.5, 0.6) is 0 Å². The molecule has 0 saturated carbocycles. The van der Waals surface area contributed by atoms with Gasteiger partial charge < -0.3 is 4.52 Å². The van der Waals surface area contributed by atoms with Crippen LogP contribution in [-0.4, -0.2) is 29.9 Å². The quantitative estimate of drug-likeness (QED) is 0.420. The summed E-state index contributed by atoms with van der Waals surface area (Å²) in [5.74, 6) is 0.673. The minimum absolute atomic E-state index is 0.220. The molecule has 2 aromatic carbocycles. The molecule has 0 aliphatic rings. The third kappa shape index (κ3) is 4.25. The molecule has 0 aliphatic heterocycles. The minimum Gasteiger partial charge on any atom is -0.334 e. The Labute approximate surface area is 177 Å². The van der Waals surface area contributed by atoms with Crippen LogP contribution in [0.3, 0.4) is 0 Å². The summed E-state index contributed by atoms with van der Waals surface area (Å²) in [5.41, 5.74) is 2.24. The molecule has 0 fully saturated rings. The van der Waals surface area contributed by atoms with Gasteiger partial charge in [-0.05, 0) is 35.9 Å². The zero-order valence-corrected chi connectivity index (χ0v) is 17.7. The summed E-state index contributed by atoms with van der Waals surface area (Å²) in [6, 6.07) is 18.1. The molecule has 0 spiro atoms. The van der Waals surface area contributed by atoms with Crippen molar-refractivity contribution >= 4 is 33.0 Å². The van der Waals surface area contributed by atoms with Gasteiger partial charge in [-0.3, -0.25) is 0 Å². The molecular formula is C20H16ClN3O3S2. The lowest BCUT2D eigenvalue weighted by molar-refractivity contribution is 0.432. The van der Waals surface area contributed by atoms with E-state index in [2.05, 4.69) is 10.1 Å². The first kappa shape index (κ1) is 19.8. The highest BCUT2D eigenvalue weighted by molar-refractivity contribution is 7.91. The number of nitrogens with zero attached hydrogens (tertiary/aromatic N) is 3. The summed E-state index contributed by atoms with van der Waals surface area (Å²) in [4.78, 5) is 4.37. The first-order valence-corrected chi connectivity index (χ1v) is 11.3. The number of thiophene rings is 1. The highest BCUT2D eigenvalue weighted by atomic mass is 35.5. The van der Waals surface area contributed by atoms with Crippen LogP contribution < -0.4 is 0 Å². The smallest absolute Gasteiger partial charge is 0.259 e. The molecule has 0 atom stereocenters. The van der Waals surface area contributed by atoms with Crippen LogP contribution in [0.2, 0.25) is 5.02 Å². The maximum atomic E-state index is 12.9. The van der Waals surface area contributed by atoms with Crippen molar-refractivity contribution in [2.75, 3.05) is 7.05 Å². The number of sulfonamides is 1. The molecule has 0 saturated heterocycles. The summed E-state index contributed by atoms with van der Waals surface area (Å²) in [5, 5.41) is 6.28. The number of aromatic nitrogens is 2. The van der Waals surface area contributed by atoms with Gasteiger partial charge in [-0.25, -0.2) is 8.42 Å². The molecule has 0 amide bonds. The Kier molecular flexibility index (Phi) is 5.51. The zero-order chi connectivity index (χ0) is 20.4. The average molecular weight is 446 g/mol. The fourth-order valence-electron chi connectivity index (χ4n) is 2.70. The molecule has 0 bridgehead atoms. The lowest BCUT2D eigenvalue weighted by Gasteiger charge is -2.15. The lowest BCUT2D eigenvalue weighted by Crippen LogP contribution is -2.25. The third-order valence-corrected chi connectivity index (χ3v) is 7.73. The first-order chi connectivity index (χ1) is 13.9. The molecule has 0 aliphatic carbocycles. The predicted octanol–water partition coefficient (Wildman–Crippen LogP) is 4.94. The number of halogens is 1. The molecule has 0 N–H and O–H groups in total. The van der Waals surface area contributed by atoms with Crippen molar-refractivity contribution < 1.29 is 12.9 Å². The summed E-state index contributed by atoms with van der Waals surface area (Å²) in [6.07, 6.45) is 0.